The van der Waals surface area contributed by atoms with Gasteiger partial charge in [-0.15, -0.1) is 0 Å². The van der Waals surface area contributed by atoms with Crippen molar-refractivity contribution in [2.24, 2.45) is 7.05 Å². The van der Waals surface area contributed by atoms with Crippen molar-refractivity contribution in [1.29, 1.82) is 0 Å². The summed E-state index contributed by atoms with van der Waals surface area (Å²) < 4.78 is 1.48. The molecule has 0 radical (unpaired) electrons. The smallest absolute Gasteiger partial charge is 0.339 e. The van der Waals surface area contributed by atoms with E-state index >= 15 is 0 Å². The zero-order valence-electron chi connectivity index (χ0n) is 8.65. The van der Waals surface area contributed by atoms with Crippen LogP contribution in [0.1, 0.15) is 16.1 Å². The summed E-state index contributed by atoms with van der Waals surface area (Å²) in [6.45, 7) is 1.76. The Balaban J connectivity index is 2.67. The minimum absolute atomic E-state index is 0.0815. The third-order valence-electron chi connectivity index (χ3n) is 2.27. The van der Waals surface area contributed by atoms with Gasteiger partial charge in [-0.25, -0.2) is 4.79 Å². The number of carboxylic acid groups (broad SMARTS) is 1. The molecule has 0 atom stereocenters. The molecule has 0 bridgehead atoms. The molecular weight excluding hydrogens is 232 g/mol. The van der Waals surface area contributed by atoms with E-state index < -0.39 is 5.97 Å². The molecule has 0 saturated carbocycles. The Morgan fingerprint density at radius 2 is 2.31 bits per heavy atom. The first-order chi connectivity index (χ1) is 7.52. The van der Waals surface area contributed by atoms with Crippen LogP contribution in [-0.4, -0.2) is 31.1 Å². The van der Waals surface area contributed by atoms with Crippen molar-refractivity contribution in [1.82, 2.24) is 20.0 Å². The van der Waals surface area contributed by atoms with Crippen LogP contribution < -0.4 is 0 Å². The first-order valence-corrected chi connectivity index (χ1v) is 4.86. The molecule has 2 aromatic rings. The lowest BCUT2D eigenvalue weighted by molar-refractivity contribution is 0.0698. The summed E-state index contributed by atoms with van der Waals surface area (Å²) in [5, 5.41) is 19.8. The minimum atomic E-state index is -1.05. The number of nitrogens with zero attached hydrogens (tertiary/aromatic N) is 3. The maximum Gasteiger partial charge on any atom is 0.339 e. The van der Waals surface area contributed by atoms with E-state index in [0.717, 1.165) is 0 Å². The highest BCUT2D eigenvalue weighted by Crippen LogP contribution is 2.31. The molecule has 0 saturated heterocycles. The number of hydrogen-bond donors (Lipinski definition) is 2. The van der Waals surface area contributed by atoms with Gasteiger partial charge < -0.3 is 5.11 Å². The van der Waals surface area contributed by atoms with Crippen LogP contribution in [0.3, 0.4) is 0 Å². The van der Waals surface area contributed by atoms with Crippen LogP contribution in [0.5, 0.6) is 0 Å². The summed E-state index contributed by atoms with van der Waals surface area (Å²) in [5.74, 6) is -1.05. The Kier molecular flexibility index (Phi) is 2.43. The summed E-state index contributed by atoms with van der Waals surface area (Å²) in [7, 11) is 1.69. The second-order valence-corrected chi connectivity index (χ2v) is 3.70. The zero-order valence-corrected chi connectivity index (χ0v) is 9.41. The number of carboxylic acids is 1. The van der Waals surface area contributed by atoms with Gasteiger partial charge in [0.05, 0.1) is 23.1 Å². The first kappa shape index (κ1) is 10.7. The van der Waals surface area contributed by atoms with E-state index in [0.29, 0.717) is 22.1 Å². The standard InChI is InChI=1S/C9H9ClN4O2/c1-4-6(8(10)14(2)13-4)7-5(9(15)16)3-11-12-7/h3H,1-2H3,(H,11,12)(H,15,16). The van der Waals surface area contributed by atoms with Crippen LogP contribution in [0.4, 0.5) is 0 Å². The molecule has 0 fully saturated rings. The van der Waals surface area contributed by atoms with Crippen LogP contribution in [0.25, 0.3) is 11.3 Å². The van der Waals surface area contributed by atoms with E-state index in [1.54, 1.807) is 14.0 Å². The van der Waals surface area contributed by atoms with Gasteiger partial charge in [0, 0.05) is 7.05 Å². The van der Waals surface area contributed by atoms with E-state index in [2.05, 4.69) is 15.3 Å². The van der Waals surface area contributed by atoms with Crippen molar-refractivity contribution >= 4 is 17.6 Å². The van der Waals surface area contributed by atoms with Gasteiger partial charge in [-0.1, -0.05) is 11.6 Å². The zero-order chi connectivity index (χ0) is 11.9. The quantitative estimate of drug-likeness (QED) is 0.833. The van der Waals surface area contributed by atoms with E-state index in [-0.39, 0.29) is 5.56 Å². The number of aromatic amines is 1. The third kappa shape index (κ3) is 1.47. The molecule has 0 unspecified atom stereocenters. The molecule has 0 aliphatic heterocycles. The van der Waals surface area contributed by atoms with Crippen LogP contribution in [-0.2, 0) is 7.05 Å². The predicted molar refractivity (Wildman–Crippen MR) is 57.5 cm³/mol. The van der Waals surface area contributed by atoms with E-state index in [1.807, 2.05) is 0 Å². The Morgan fingerprint density at radius 1 is 1.62 bits per heavy atom. The summed E-state index contributed by atoms with van der Waals surface area (Å²) in [6, 6.07) is 0. The van der Waals surface area contributed by atoms with E-state index in [1.165, 1.54) is 10.9 Å². The Labute approximate surface area is 95.8 Å². The molecule has 0 aromatic carbocycles. The number of H-pyrrole nitrogens is 1. The molecule has 0 aliphatic rings. The molecule has 0 spiro atoms. The SMILES string of the molecule is Cc1nn(C)c(Cl)c1-c1[nH]ncc1C(=O)O. The Hall–Kier alpha value is -1.82. The van der Waals surface area contributed by atoms with Gasteiger partial charge in [-0.2, -0.15) is 10.2 Å². The second kappa shape index (κ2) is 3.64. The van der Waals surface area contributed by atoms with Gasteiger partial charge >= 0.3 is 5.97 Å². The number of carbonyl (C=O) groups is 1. The van der Waals surface area contributed by atoms with Gasteiger partial charge in [-0.3, -0.25) is 9.78 Å². The topological polar surface area (TPSA) is 83.8 Å². The largest absolute Gasteiger partial charge is 0.478 e. The van der Waals surface area contributed by atoms with Crippen LogP contribution in [0, 0.1) is 6.92 Å². The fourth-order valence-electron chi connectivity index (χ4n) is 1.55. The third-order valence-corrected chi connectivity index (χ3v) is 2.71. The number of halogens is 1. The summed E-state index contributed by atoms with van der Waals surface area (Å²) >= 11 is 6.04. The highest BCUT2D eigenvalue weighted by Gasteiger charge is 2.21. The van der Waals surface area contributed by atoms with Crippen molar-refractivity contribution in [3.63, 3.8) is 0 Å². The Morgan fingerprint density at radius 3 is 2.81 bits per heavy atom. The number of aryl methyl sites for hydroxylation is 2. The lowest BCUT2D eigenvalue weighted by Gasteiger charge is -1.98. The van der Waals surface area contributed by atoms with Gasteiger partial charge in [-0.05, 0) is 6.92 Å². The predicted octanol–water partition coefficient (Wildman–Crippen LogP) is 1.47. The minimum Gasteiger partial charge on any atom is -0.478 e. The van der Waals surface area contributed by atoms with Crippen LogP contribution >= 0.6 is 11.6 Å². The molecule has 84 valence electrons. The fourth-order valence-corrected chi connectivity index (χ4v) is 1.82. The lowest BCUT2D eigenvalue weighted by Crippen LogP contribution is -1.97. The normalized spacial score (nSPS) is 10.7. The van der Waals surface area contributed by atoms with Crippen molar-refractivity contribution in [2.45, 2.75) is 6.92 Å². The highest BCUT2D eigenvalue weighted by atomic mass is 35.5. The van der Waals surface area contributed by atoms with Crippen molar-refractivity contribution in [3.8, 4) is 11.3 Å². The van der Waals surface area contributed by atoms with Crippen molar-refractivity contribution in [2.75, 3.05) is 0 Å². The monoisotopic (exact) mass is 240 g/mol. The Bertz CT molecular complexity index is 558. The first-order valence-electron chi connectivity index (χ1n) is 4.48. The van der Waals surface area contributed by atoms with Crippen LogP contribution in [0.2, 0.25) is 5.15 Å². The molecule has 16 heavy (non-hydrogen) atoms. The molecular formula is C9H9ClN4O2. The average molecular weight is 241 g/mol. The molecule has 2 aromatic heterocycles. The average Bonchev–Trinajstić information content (AvgIpc) is 2.73. The molecule has 6 nitrogen and oxygen atoms in total. The van der Waals surface area contributed by atoms with Crippen molar-refractivity contribution < 1.29 is 9.90 Å². The van der Waals surface area contributed by atoms with Gasteiger partial charge in [0.15, 0.2) is 0 Å². The highest BCUT2D eigenvalue weighted by molar-refractivity contribution is 6.32. The second-order valence-electron chi connectivity index (χ2n) is 3.34. The van der Waals surface area contributed by atoms with Gasteiger partial charge in [0.25, 0.3) is 0 Å². The number of hydrogen-bond acceptors (Lipinski definition) is 3. The maximum absolute atomic E-state index is 11.0. The molecule has 0 aliphatic carbocycles. The fraction of sp³-hybridized carbons (Fsp3) is 0.222. The molecule has 7 heteroatoms. The van der Waals surface area contributed by atoms with Gasteiger partial charge in [0.1, 0.15) is 10.7 Å². The van der Waals surface area contributed by atoms with Crippen LogP contribution in [0.15, 0.2) is 6.20 Å². The summed E-state index contributed by atoms with van der Waals surface area (Å²) in [6.07, 6.45) is 1.25. The van der Waals surface area contributed by atoms with E-state index in [4.69, 9.17) is 16.7 Å². The summed E-state index contributed by atoms with van der Waals surface area (Å²) in [5.41, 5.74) is 1.68. The molecule has 2 heterocycles. The van der Waals surface area contributed by atoms with Gasteiger partial charge in [0.2, 0.25) is 0 Å². The molecule has 2 rings (SSSR count). The van der Waals surface area contributed by atoms with E-state index in [9.17, 15) is 4.79 Å². The maximum atomic E-state index is 11.0. The van der Waals surface area contributed by atoms with Crippen molar-refractivity contribution in [3.05, 3.63) is 22.6 Å². The molecule has 0 amide bonds. The number of nitrogens with one attached hydrogen (secondary N) is 1. The molecule has 2 N–H and O–H groups in total. The lowest BCUT2D eigenvalue weighted by atomic mass is 10.1. The number of rotatable bonds is 2. The number of aromatic carboxylic acids is 1. The number of aromatic nitrogens is 4. The summed E-state index contributed by atoms with van der Waals surface area (Å²) in [4.78, 5) is 11.0.